The van der Waals surface area contributed by atoms with Gasteiger partial charge in [0.15, 0.2) is 5.76 Å². The quantitative estimate of drug-likeness (QED) is 0.447. The van der Waals surface area contributed by atoms with Gasteiger partial charge in [0.1, 0.15) is 0 Å². The number of rotatable bonds is 2. The summed E-state index contributed by atoms with van der Waals surface area (Å²) in [5, 5.41) is 8.97. The molecule has 0 atom stereocenters. The second-order valence-electron chi connectivity index (χ2n) is 2.55. The van der Waals surface area contributed by atoms with Crippen LogP contribution in [0.25, 0.3) is 0 Å². The molecule has 0 fully saturated rings. The van der Waals surface area contributed by atoms with Crippen molar-refractivity contribution in [1.29, 1.82) is 0 Å². The molecule has 58 valence electrons. The van der Waals surface area contributed by atoms with E-state index in [4.69, 9.17) is 10.8 Å². The number of carbonyl (C=O) groups excluding carboxylic acids is 1. The Hall–Kier alpha value is -0.990. The van der Waals surface area contributed by atoms with Gasteiger partial charge in [-0.25, -0.2) is 0 Å². The van der Waals surface area contributed by atoms with Crippen LogP contribution in [0.15, 0.2) is 11.5 Å². The minimum atomic E-state index is -0.310. The largest absolute Gasteiger partial charge is 0.503 e. The molecular weight excluding hydrogens is 130 g/mol. The lowest BCUT2D eigenvalue weighted by atomic mass is 10.1. The van der Waals surface area contributed by atoms with Gasteiger partial charge in [0.25, 0.3) is 0 Å². The van der Waals surface area contributed by atoms with Crippen LogP contribution >= 0.6 is 0 Å². The van der Waals surface area contributed by atoms with E-state index in [1.807, 2.05) is 0 Å². The topological polar surface area (TPSA) is 63.3 Å². The van der Waals surface area contributed by atoms with Crippen LogP contribution in [0, 0.1) is 5.92 Å². The zero-order chi connectivity index (χ0) is 8.31. The van der Waals surface area contributed by atoms with Crippen LogP contribution in [-0.2, 0) is 4.79 Å². The van der Waals surface area contributed by atoms with Crippen LogP contribution in [0.3, 0.4) is 0 Å². The highest BCUT2D eigenvalue weighted by Crippen LogP contribution is 2.04. The second-order valence-corrected chi connectivity index (χ2v) is 2.55. The van der Waals surface area contributed by atoms with E-state index < -0.39 is 0 Å². The summed E-state index contributed by atoms with van der Waals surface area (Å²) in [6, 6.07) is 0. The van der Waals surface area contributed by atoms with Crippen molar-refractivity contribution in [2.75, 3.05) is 0 Å². The van der Waals surface area contributed by atoms with Crippen molar-refractivity contribution in [3.8, 4) is 0 Å². The van der Waals surface area contributed by atoms with E-state index in [2.05, 4.69) is 0 Å². The molecule has 0 radical (unpaired) electrons. The van der Waals surface area contributed by atoms with Crippen LogP contribution in [0.1, 0.15) is 20.8 Å². The molecule has 0 saturated carbocycles. The highest BCUT2D eigenvalue weighted by molar-refractivity contribution is 5.94. The van der Waals surface area contributed by atoms with Gasteiger partial charge in [-0.3, -0.25) is 4.79 Å². The van der Waals surface area contributed by atoms with Gasteiger partial charge in [0, 0.05) is 5.92 Å². The third-order valence-electron chi connectivity index (χ3n) is 1.13. The number of aliphatic hydroxyl groups is 1. The first-order chi connectivity index (χ1) is 4.46. The van der Waals surface area contributed by atoms with Crippen LogP contribution in [0.4, 0.5) is 0 Å². The number of nitrogens with two attached hydrogens (primary N) is 1. The Bertz CT molecular complexity index is 166. The molecule has 0 amide bonds. The Morgan fingerprint density at radius 1 is 1.50 bits per heavy atom. The van der Waals surface area contributed by atoms with E-state index in [-0.39, 0.29) is 23.2 Å². The standard InChI is InChI=1S/C7H13NO2/c1-4(2)6(9)7(10)5(3)8/h4,10H,8H2,1-3H3/b7-5-. The molecule has 0 rings (SSSR count). The van der Waals surface area contributed by atoms with Crippen LogP contribution in [0.2, 0.25) is 0 Å². The molecule has 0 bridgehead atoms. The number of aliphatic hydroxyl groups excluding tert-OH is 1. The maximum atomic E-state index is 10.9. The Morgan fingerprint density at radius 2 is 1.90 bits per heavy atom. The average molecular weight is 143 g/mol. The summed E-state index contributed by atoms with van der Waals surface area (Å²) in [6.45, 7) is 4.92. The van der Waals surface area contributed by atoms with Gasteiger partial charge in [-0.15, -0.1) is 0 Å². The number of allylic oxidation sites excluding steroid dienone is 2. The van der Waals surface area contributed by atoms with Crippen LogP contribution in [-0.4, -0.2) is 10.9 Å². The summed E-state index contributed by atoms with van der Waals surface area (Å²) < 4.78 is 0. The summed E-state index contributed by atoms with van der Waals surface area (Å²) in [5.74, 6) is -0.812. The Balaban J connectivity index is 4.38. The minimum absolute atomic E-state index is 0.179. The normalized spacial score (nSPS) is 13.2. The number of carbonyl (C=O) groups is 1. The molecule has 0 aliphatic heterocycles. The van der Waals surface area contributed by atoms with Crippen molar-refractivity contribution in [2.24, 2.45) is 11.7 Å². The SMILES string of the molecule is C/C(N)=C(/O)C(=O)C(C)C. The molecule has 0 aromatic rings. The monoisotopic (exact) mass is 143 g/mol. The van der Waals surface area contributed by atoms with Crippen LogP contribution < -0.4 is 5.73 Å². The molecule has 0 aliphatic carbocycles. The predicted molar refractivity (Wildman–Crippen MR) is 39.4 cm³/mol. The Labute approximate surface area is 60.5 Å². The van der Waals surface area contributed by atoms with E-state index in [1.54, 1.807) is 13.8 Å². The first kappa shape index (κ1) is 9.01. The molecule has 0 spiro atoms. The molecule has 0 unspecified atom stereocenters. The maximum Gasteiger partial charge on any atom is 0.201 e. The summed E-state index contributed by atoms with van der Waals surface area (Å²) in [5.41, 5.74) is 5.36. The van der Waals surface area contributed by atoms with E-state index in [9.17, 15) is 4.79 Å². The van der Waals surface area contributed by atoms with Gasteiger partial charge in [0.05, 0.1) is 5.70 Å². The number of Topliss-reactive ketones (excluding diaryl/α,β-unsaturated/α-hetero) is 1. The van der Waals surface area contributed by atoms with Gasteiger partial charge in [0.2, 0.25) is 5.78 Å². The fourth-order valence-corrected chi connectivity index (χ4v) is 0.468. The summed E-state index contributed by atoms with van der Waals surface area (Å²) >= 11 is 0. The van der Waals surface area contributed by atoms with Crippen molar-refractivity contribution in [1.82, 2.24) is 0 Å². The molecule has 0 heterocycles. The van der Waals surface area contributed by atoms with E-state index >= 15 is 0 Å². The average Bonchev–Trinajstić information content (AvgIpc) is 1.84. The van der Waals surface area contributed by atoms with Crippen molar-refractivity contribution in [3.05, 3.63) is 11.5 Å². The smallest absolute Gasteiger partial charge is 0.201 e. The van der Waals surface area contributed by atoms with Gasteiger partial charge in [-0.1, -0.05) is 13.8 Å². The fourth-order valence-electron chi connectivity index (χ4n) is 0.468. The second kappa shape index (κ2) is 3.25. The van der Waals surface area contributed by atoms with Gasteiger partial charge >= 0.3 is 0 Å². The molecule has 3 heteroatoms. The summed E-state index contributed by atoms with van der Waals surface area (Å²) in [7, 11) is 0. The molecule has 0 saturated heterocycles. The summed E-state index contributed by atoms with van der Waals surface area (Å²) in [6.07, 6.45) is 0. The molecule has 3 N–H and O–H groups in total. The molecule has 0 aromatic carbocycles. The van der Waals surface area contributed by atoms with Crippen molar-refractivity contribution >= 4 is 5.78 Å². The molecule has 3 nitrogen and oxygen atoms in total. The molecule has 0 aromatic heterocycles. The highest BCUT2D eigenvalue weighted by atomic mass is 16.3. The van der Waals surface area contributed by atoms with Gasteiger partial charge in [-0.05, 0) is 6.92 Å². The maximum absolute atomic E-state index is 10.9. The number of ketones is 1. The van der Waals surface area contributed by atoms with Crippen LogP contribution in [0.5, 0.6) is 0 Å². The first-order valence-corrected chi connectivity index (χ1v) is 3.16. The minimum Gasteiger partial charge on any atom is -0.503 e. The predicted octanol–water partition coefficient (Wildman–Crippen LogP) is 0.960. The lowest BCUT2D eigenvalue weighted by Crippen LogP contribution is -2.14. The van der Waals surface area contributed by atoms with Crippen molar-refractivity contribution < 1.29 is 9.90 Å². The van der Waals surface area contributed by atoms with E-state index in [0.717, 1.165) is 0 Å². The number of hydrogen-bond donors (Lipinski definition) is 2. The Morgan fingerprint density at radius 3 is 2.00 bits per heavy atom. The number of hydrogen-bond acceptors (Lipinski definition) is 3. The summed E-state index contributed by atoms with van der Waals surface area (Å²) in [4.78, 5) is 10.9. The zero-order valence-electron chi connectivity index (χ0n) is 6.51. The van der Waals surface area contributed by atoms with Crippen molar-refractivity contribution in [3.63, 3.8) is 0 Å². The van der Waals surface area contributed by atoms with E-state index in [1.165, 1.54) is 6.92 Å². The highest BCUT2D eigenvalue weighted by Gasteiger charge is 2.13. The third kappa shape index (κ3) is 2.09. The van der Waals surface area contributed by atoms with Gasteiger partial charge in [-0.2, -0.15) is 0 Å². The van der Waals surface area contributed by atoms with E-state index in [0.29, 0.717) is 0 Å². The molecule has 10 heavy (non-hydrogen) atoms. The Kier molecular flexibility index (Phi) is 2.93. The molecular formula is C7H13NO2. The third-order valence-corrected chi connectivity index (χ3v) is 1.13. The fraction of sp³-hybridized carbons (Fsp3) is 0.571. The van der Waals surface area contributed by atoms with Crippen molar-refractivity contribution in [2.45, 2.75) is 20.8 Å². The molecule has 0 aliphatic rings. The lowest BCUT2D eigenvalue weighted by Gasteiger charge is -2.03. The first-order valence-electron chi connectivity index (χ1n) is 3.16. The lowest BCUT2D eigenvalue weighted by molar-refractivity contribution is -0.120. The zero-order valence-corrected chi connectivity index (χ0v) is 6.51. The van der Waals surface area contributed by atoms with Gasteiger partial charge < -0.3 is 10.8 Å².